The van der Waals surface area contributed by atoms with Crippen LogP contribution in [0.4, 0.5) is 0 Å². The molecule has 6 heteroatoms. The second-order valence-corrected chi connectivity index (χ2v) is 7.16. The maximum Gasteiger partial charge on any atom is 0.275 e. The lowest BCUT2D eigenvalue weighted by Gasteiger charge is -2.59. The Morgan fingerprint density at radius 3 is 2.72 bits per heavy atom. The Kier molecular flexibility index (Phi) is 3.35. The van der Waals surface area contributed by atoms with E-state index in [0.29, 0.717) is 24.7 Å². The molecular formula is C19H21N3O3. The van der Waals surface area contributed by atoms with Crippen molar-refractivity contribution in [2.75, 3.05) is 26.4 Å². The number of hydrogen-bond donors (Lipinski definition) is 0. The minimum absolute atomic E-state index is 0.00327. The molecule has 1 amide bonds. The zero-order chi connectivity index (χ0) is 16.9. The number of ether oxygens (including phenoxy) is 2. The van der Waals surface area contributed by atoms with Crippen LogP contribution in [0.5, 0.6) is 5.88 Å². The first-order valence-corrected chi connectivity index (χ1v) is 8.91. The Bertz CT molecular complexity index is 774. The van der Waals surface area contributed by atoms with Crippen LogP contribution in [0.2, 0.25) is 0 Å². The molecule has 3 aliphatic rings. The molecule has 2 saturated heterocycles. The van der Waals surface area contributed by atoms with E-state index in [9.17, 15) is 4.79 Å². The van der Waals surface area contributed by atoms with Crippen molar-refractivity contribution in [3.05, 3.63) is 47.7 Å². The van der Waals surface area contributed by atoms with Gasteiger partial charge in [-0.05, 0) is 18.4 Å². The maximum atomic E-state index is 13.1. The van der Waals surface area contributed by atoms with Gasteiger partial charge in [0.1, 0.15) is 6.61 Å². The van der Waals surface area contributed by atoms with Gasteiger partial charge in [0.25, 0.3) is 5.91 Å². The largest absolute Gasteiger partial charge is 0.476 e. The second-order valence-electron chi connectivity index (χ2n) is 7.16. The summed E-state index contributed by atoms with van der Waals surface area (Å²) < 4.78 is 12.8. The van der Waals surface area contributed by atoms with Crippen LogP contribution in [0.1, 0.15) is 34.9 Å². The maximum absolute atomic E-state index is 13.1. The molecule has 1 spiro atoms. The topological polar surface area (TPSA) is 56.6 Å². The Hall–Kier alpha value is -2.34. The lowest BCUT2D eigenvalue weighted by Crippen LogP contribution is -2.62. The van der Waals surface area contributed by atoms with Gasteiger partial charge in [0.2, 0.25) is 5.88 Å². The molecule has 25 heavy (non-hydrogen) atoms. The average Bonchev–Trinajstić information content (AvgIpc) is 3.23. The molecule has 0 aliphatic carbocycles. The van der Waals surface area contributed by atoms with Crippen molar-refractivity contribution in [1.29, 1.82) is 0 Å². The van der Waals surface area contributed by atoms with Crippen molar-refractivity contribution in [2.45, 2.75) is 25.4 Å². The molecule has 0 radical (unpaired) electrons. The van der Waals surface area contributed by atoms with Crippen molar-refractivity contribution in [3.8, 4) is 5.88 Å². The van der Waals surface area contributed by atoms with E-state index in [2.05, 4.69) is 17.2 Å². The van der Waals surface area contributed by atoms with E-state index in [0.717, 1.165) is 32.6 Å². The quantitative estimate of drug-likeness (QED) is 0.842. The predicted octanol–water partition coefficient (Wildman–Crippen LogP) is 2.27. The molecule has 1 unspecified atom stereocenters. The van der Waals surface area contributed by atoms with Gasteiger partial charge >= 0.3 is 0 Å². The zero-order valence-electron chi connectivity index (χ0n) is 14.1. The normalized spacial score (nSPS) is 23.8. The van der Waals surface area contributed by atoms with Crippen LogP contribution in [-0.4, -0.2) is 47.0 Å². The van der Waals surface area contributed by atoms with E-state index in [4.69, 9.17) is 9.47 Å². The third-order valence-electron chi connectivity index (χ3n) is 5.76. The summed E-state index contributed by atoms with van der Waals surface area (Å²) in [4.78, 5) is 15.1. The molecule has 0 saturated carbocycles. The standard InChI is InChI=1S/C19H21N3O3/c23-18(15-12-16-22(20-15)8-11-25-16)21-13-19(6-9-24-10-7-19)17(21)14-4-2-1-3-5-14/h1-5,12,17H,6-11,13H2. The molecular weight excluding hydrogens is 318 g/mol. The first-order valence-electron chi connectivity index (χ1n) is 8.91. The number of nitrogens with zero attached hydrogens (tertiary/aromatic N) is 3. The lowest BCUT2D eigenvalue weighted by atomic mass is 9.64. The highest BCUT2D eigenvalue weighted by Gasteiger charge is 2.55. The van der Waals surface area contributed by atoms with Gasteiger partial charge in [-0.15, -0.1) is 0 Å². The first-order chi connectivity index (χ1) is 12.3. The molecule has 4 heterocycles. The van der Waals surface area contributed by atoms with Gasteiger partial charge in [-0.3, -0.25) is 4.79 Å². The Labute approximate surface area is 146 Å². The van der Waals surface area contributed by atoms with E-state index in [1.165, 1.54) is 5.56 Å². The highest BCUT2D eigenvalue weighted by atomic mass is 16.5. The highest BCUT2D eigenvalue weighted by Crippen LogP contribution is 2.55. The van der Waals surface area contributed by atoms with Crippen LogP contribution < -0.4 is 4.74 Å². The van der Waals surface area contributed by atoms with Crippen LogP contribution in [-0.2, 0) is 11.3 Å². The Morgan fingerprint density at radius 2 is 1.96 bits per heavy atom. The van der Waals surface area contributed by atoms with Crippen LogP contribution in [0, 0.1) is 5.41 Å². The Balaban J connectivity index is 1.46. The third-order valence-corrected chi connectivity index (χ3v) is 5.76. The molecule has 5 rings (SSSR count). The van der Waals surface area contributed by atoms with Gasteiger partial charge in [0.15, 0.2) is 5.69 Å². The summed E-state index contributed by atoms with van der Waals surface area (Å²) in [5.74, 6) is 0.692. The molecule has 1 aromatic carbocycles. The van der Waals surface area contributed by atoms with E-state index in [1.807, 2.05) is 23.1 Å². The summed E-state index contributed by atoms with van der Waals surface area (Å²) in [6.07, 6.45) is 2.00. The lowest BCUT2D eigenvalue weighted by molar-refractivity contribution is -0.115. The fourth-order valence-corrected chi connectivity index (χ4v) is 4.47. The van der Waals surface area contributed by atoms with Gasteiger partial charge < -0.3 is 14.4 Å². The summed E-state index contributed by atoms with van der Waals surface area (Å²) in [5.41, 5.74) is 1.82. The molecule has 0 N–H and O–H groups in total. The Morgan fingerprint density at radius 1 is 1.16 bits per heavy atom. The van der Waals surface area contributed by atoms with Gasteiger partial charge in [-0.1, -0.05) is 30.3 Å². The predicted molar refractivity (Wildman–Crippen MR) is 90.4 cm³/mol. The molecule has 0 bridgehead atoms. The molecule has 130 valence electrons. The van der Waals surface area contributed by atoms with Crippen molar-refractivity contribution in [3.63, 3.8) is 0 Å². The van der Waals surface area contributed by atoms with Crippen molar-refractivity contribution in [1.82, 2.24) is 14.7 Å². The number of carbonyl (C=O) groups excluding carboxylic acids is 1. The third kappa shape index (κ3) is 2.28. The first kappa shape index (κ1) is 15.0. The summed E-state index contributed by atoms with van der Waals surface area (Å²) in [5, 5.41) is 4.43. The highest BCUT2D eigenvalue weighted by molar-refractivity contribution is 5.93. The number of aromatic nitrogens is 2. The van der Waals surface area contributed by atoms with Crippen LogP contribution in [0.15, 0.2) is 36.4 Å². The summed E-state index contributed by atoms with van der Waals surface area (Å²) in [6.45, 7) is 3.68. The molecule has 2 fully saturated rings. The van der Waals surface area contributed by atoms with E-state index >= 15 is 0 Å². The number of benzene rings is 1. The molecule has 2 aromatic rings. The van der Waals surface area contributed by atoms with Crippen molar-refractivity contribution >= 4 is 5.91 Å². The van der Waals surface area contributed by atoms with Crippen LogP contribution >= 0.6 is 0 Å². The fourth-order valence-electron chi connectivity index (χ4n) is 4.47. The minimum atomic E-state index is -0.00327. The monoisotopic (exact) mass is 339 g/mol. The number of hydrogen-bond acceptors (Lipinski definition) is 4. The number of rotatable bonds is 2. The van der Waals surface area contributed by atoms with Crippen LogP contribution in [0.25, 0.3) is 0 Å². The second kappa shape index (κ2) is 5.59. The smallest absolute Gasteiger partial charge is 0.275 e. The van der Waals surface area contributed by atoms with Crippen molar-refractivity contribution < 1.29 is 14.3 Å². The number of fused-ring (bicyclic) bond motifs is 1. The van der Waals surface area contributed by atoms with Gasteiger partial charge in [-0.2, -0.15) is 5.10 Å². The summed E-state index contributed by atoms with van der Waals surface area (Å²) >= 11 is 0. The minimum Gasteiger partial charge on any atom is -0.476 e. The molecule has 6 nitrogen and oxygen atoms in total. The number of amides is 1. The van der Waals surface area contributed by atoms with Gasteiger partial charge in [-0.25, -0.2) is 4.68 Å². The molecule has 3 aliphatic heterocycles. The molecule has 1 atom stereocenters. The average molecular weight is 339 g/mol. The number of likely N-dealkylation sites (tertiary alicyclic amines) is 1. The van der Waals surface area contributed by atoms with E-state index < -0.39 is 0 Å². The summed E-state index contributed by atoms with van der Waals surface area (Å²) in [6, 6.07) is 12.2. The fraction of sp³-hybridized carbons (Fsp3) is 0.474. The summed E-state index contributed by atoms with van der Waals surface area (Å²) in [7, 11) is 0. The van der Waals surface area contributed by atoms with E-state index in [-0.39, 0.29) is 17.4 Å². The van der Waals surface area contributed by atoms with E-state index in [1.54, 1.807) is 10.7 Å². The SMILES string of the molecule is O=C(c1cc2n(n1)CCO2)N1CC2(CCOCC2)C1c1ccccc1. The van der Waals surface area contributed by atoms with Crippen LogP contribution in [0.3, 0.4) is 0 Å². The zero-order valence-corrected chi connectivity index (χ0v) is 14.1. The number of carbonyl (C=O) groups is 1. The molecule has 1 aromatic heterocycles. The van der Waals surface area contributed by atoms with Gasteiger partial charge in [0.05, 0.1) is 12.6 Å². The van der Waals surface area contributed by atoms with Gasteiger partial charge in [0, 0.05) is 31.2 Å². The van der Waals surface area contributed by atoms with Crippen molar-refractivity contribution in [2.24, 2.45) is 5.41 Å².